The standard InChI is InChI=1S/C8H5NO5S/c10-6-1-2-7-5(3-6)4-8-9(7)14-15(11,12)13-8/h1-4,10H. The van der Waals surface area contributed by atoms with Crippen molar-refractivity contribution in [3.8, 4) is 11.6 Å². The van der Waals surface area contributed by atoms with Gasteiger partial charge in [0.1, 0.15) is 5.75 Å². The molecule has 0 unspecified atom stereocenters. The van der Waals surface area contributed by atoms with Crippen molar-refractivity contribution in [3.05, 3.63) is 24.3 Å². The molecule has 6 nitrogen and oxygen atoms in total. The fourth-order valence-electron chi connectivity index (χ4n) is 1.50. The Bertz CT molecular complexity index is 657. The van der Waals surface area contributed by atoms with Gasteiger partial charge in [-0.15, -0.1) is 13.1 Å². The van der Waals surface area contributed by atoms with Crippen molar-refractivity contribution in [3.63, 3.8) is 0 Å². The lowest BCUT2D eigenvalue weighted by Gasteiger charge is -1.96. The van der Waals surface area contributed by atoms with E-state index in [1.54, 1.807) is 6.07 Å². The molecule has 0 fully saturated rings. The van der Waals surface area contributed by atoms with E-state index in [2.05, 4.69) is 8.47 Å². The van der Waals surface area contributed by atoms with Crippen LogP contribution in [0.3, 0.4) is 0 Å². The highest BCUT2D eigenvalue weighted by atomic mass is 32.3. The van der Waals surface area contributed by atoms with Gasteiger partial charge in [-0.2, -0.15) is 0 Å². The quantitative estimate of drug-likeness (QED) is 0.705. The molecule has 0 atom stereocenters. The van der Waals surface area contributed by atoms with Crippen LogP contribution in [-0.4, -0.2) is 18.3 Å². The summed E-state index contributed by atoms with van der Waals surface area (Å²) in [6.07, 6.45) is 0. The van der Waals surface area contributed by atoms with Crippen LogP contribution in [-0.2, 0) is 10.4 Å². The molecule has 0 radical (unpaired) electrons. The third kappa shape index (κ3) is 1.13. The molecular formula is C8H5NO5S. The van der Waals surface area contributed by atoms with Crippen molar-refractivity contribution in [2.75, 3.05) is 0 Å². The minimum absolute atomic E-state index is 0.0793. The minimum Gasteiger partial charge on any atom is -0.508 e. The zero-order chi connectivity index (χ0) is 10.6. The fraction of sp³-hybridized carbons (Fsp3) is 0. The molecule has 1 aliphatic heterocycles. The third-order valence-electron chi connectivity index (χ3n) is 2.06. The van der Waals surface area contributed by atoms with Crippen LogP contribution in [0.2, 0.25) is 0 Å². The van der Waals surface area contributed by atoms with Gasteiger partial charge in [0.05, 0.1) is 5.52 Å². The van der Waals surface area contributed by atoms with Gasteiger partial charge in [0.15, 0.2) is 0 Å². The summed E-state index contributed by atoms with van der Waals surface area (Å²) in [5, 5.41) is 9.85. The largest absolute Gasteiger partial charge is 0.522 e. The number of hydrogen-bond acceptors (Lipinski definition) is 5. The number of nitrogens with zero attached hydrogens (tertiary/aromatic N) is 1. The topological polar surface area (TPSA) is 77.8 Å². The maximum Gasteiger partial charge on any atom is 0.522 e. The molecule has 0 bridgehead atoms. The Kier molecular flexibility index (Phi) is 1.33. The molecule has 78 valence electrons. The maximum absolute atomic E-state index is 10.9. The van der Waals surface area contributed by atoms with E-state index in [1.165, 1.54) is 18.2 Å². The second-order valence-electron chi connectivity index (χ2n) is 3.09. The molecule has 0 spiro atoms. The van der Waals surface area contributed by atoms with Gasteiger partial charge < -0.3 is 9.29 Å². The number of hydrogen-bond donors (Lipinski definition) is 1. The van der Waals surface area contributed by atoms with Crippen LogP contribution in [0.25, 0.3) is 10.9 Å². The summed E-state index contributed by atoms with van der Waals surface area (Å²) in [4.78, 5) is 0. The zero-order valence-electron chi connectivity index (χ0n) is 7.25. The average Bonchev–Trinajstić information content (AvgIpc) is 2.55. The third-order valence-corrected chi connectivity index (χ3v) is 2.77. The molecule has 0 saturated heterocycles. The number of rotatable bonds is 0. The molecule has 0 saturated carbocycles. The first-order chi connectivity index (χ1) is 7.05. The maximum atomic E-state index is 10.9. The van der Waals surface area contributed by atoms with Gasteiger partial charge in [-0.25, -0.2) is 0 Å². The van der Waals surface area contributed by atoms with Gasteiger partial charge >= 0.3 is 10.4 Å². The summed E-state index contributed by atoms with van der Waals surface area (Å²) in [6, 6.07) is 5.93. The highest BCUT2D eigenvalue weighted by Crippen LogP contribution is 2.31. The highest BCUT2D eigenvalue weighted by Gasteiger charge is 2.30. The molecule has 1 aromatic carbocycles. The molecule has 1 N–H and O–H groups in total. The van der Waals surface area contributed by atoms with Crippen LogP contribution < -0.4 is 8.47 Å². The molecule has 15 heavy (non-hydrogen) atoms. The van der Waals surface area contributed by atoms with Crippen molar-refractivity contribution < 1.29 is 22.0 Å². The molecule has 2 heterocycles. The molecule has 0 amide bonds. The molecular weight excluding hydrogens is 222 g/mol. The van der Waals surface area contributed by atoms with E-state index in [-0.39, 0.29) is 11.6 Å². The van der Waals surface area contributed by atoms with Gasteiger partial charge in [0, 0.05) is 11.5 Å². The number of aromatic hydroxyl groups is 1. The molecule has 0 aliphatic carbocycles. The number of fused-ring (bicyclic) bond motifs is 3. The van der Waals surface area contributed by atoms with Crippen molar-refractivity contribution >= 4 is 21.3 Å². The van der Waals surface area contributed by atoms with Gasteiger partial charge in [-0.1, -0.05) is 0 Å². The highest BCUT2D eigenvalue weighted by molar-refractivity contribution is 7.82. The molecule has 2 aromatic rings. The second-order valence-corrected chi connectivity index (χ2v) is 4.22. The van der Waals surface area contributed by atoms with Crippen molar-refractivity contribution in [1.82, 2.24) is 4.73 Å². The number of phenolic OH excluding ortho intramolecular Hbond substituents is 1. The summed E-state index contributed by atoms with van der Waals surface area (Å²) in [5.74, 6) is 0.172. The smallest absolute Gasteiger partial charge is 0.508 e. The van der Waals surface area contributed by atoms with Crippen LogP contribution in [0.4, 0.5) is 0 Å². The lowest BCUT2D eigenvalue weighted by Crippen LogP contribution is -2.13. The predicted octanol–water partition coefficient (Wildman–Crippen LogP) is 0.413. The first-order valence-corrected chi connectivity index (χ1v) is 5.37. The van der Waals surface area contributed by atoms with Crippen LogP contribution in [0.5, 0.6) is 11.6 Å². The Morgan fingerprint density at radius 3 is 2.87 bits per heavy atom. The molecule has 1 aromatic heterocycles. The van der Waals surface area contributed by atoms with E-state index in [1.807, 2.05) is 0 Å². The Hall–Kier alpha value is -1.89. The normalized spacial score (nSPS) is 17.1. The summed E-state index contributed by atoms with van der Waals surface area (Å²) < 4.78 is 32.1. The van der Waals surface area contributed by atoms with E-state index in [4.69, 9.17) is 0 Å². The van der Waals surface area contributed by atoms with Crippen molar-refractivity contribution in [2.24, 2.45) is 0 Å². The van der Waals surface area contributed by atoms with E-state index >= 15 is 0 Å². The van der Waals surface area contributed by atoms with Crippen LogP contribution in [0.15, 0.2) is 24.3 Å². The van der Waals surface area contributed by atoms with Gasteiger partial charge in [0.25, 0.3) is 5.88 Å². The summed E-state index contributed by atoms with van der Waals surface area (Å²) >= 11 is 0. The molecule has 7 heteroatoms. The van der Waals surface area contributed by atoms with Gasteiger partial charge in [-0.3, -0.25) is 4.28 Å². The van der Waals surface area contributed by atoms with Crippen LogP contribution in [0.1, 0.15) is 0 Å². The lowest BCUT2D eigenvalue weighted by molar-refractivity contribution is 0.312. The van der Waals surface area contributed by atoms with Crippen molar-refractivity contribution in [1.29, 1.82) is 0 Å². The average molecular weight is 227 g/mol. The number of phenols is 1. The Balaban J connectivity index is 2.32. The van der Waals surface area contributed by atoms with Crippen LogP contribution >= 0.6 is 0 Å². The summed E-state index contributed by atoms with van der Waals surface area (Å²) in [6.45, 7) is 0. The Morgan fingerprint density at radius 1 is 1.27 bits per heavy atom. The van der Waals surface area contributed by atoms with E-state index < -0.39 is 10.4 Å². The van der Waals surface area contributed by atoms with E-state index in [0.29, 0.717) is 10.9 Å². The Labute approximate surface area is 84.5 Å². The fourth-order valence-corrected chi connectivity index (χ4v) is 2.19. The zero-order valence-corrected chi connectivity index (χ0v) is 8.06. The molecule has 3 rings (SSSR count). The van der Waals surface area contributed by atoms with Gasteiger partial charge in [0.2, 0.25) is 0 Å². The predicted molar refractivity (Wildman–Crippen MR) is 49.7 cm³/mol. The lowest BCUT2D eigenvalue weighted by atomic mass is 10.2. The number of benzene rings is 1. The van der Waals surface area contributed by atoms with Crippen LogP contribution in [0, 0.1) is 0 Å². The van der Waals surface area contributed by atoms with E-state index in [9.17, 15) is 13.5 Å². The van der Waals surface area contributed by atoms with Crippen molar-refractivity contribution in [2.45, 2.75) is 0 Å². The first-order valence-electron chi connectivity index (χ1n) is 4.04. The monoisotopic (exact) mass is 227 g/mol. The first kappa shape index (κ1) is 8.42. The summed E-state index contributed by atoms with van der Waals surface area (Å²) in [7, 11) is -3.96. The summed E-state index contributed by atoms with van der Waals surface area (Å²) in [5.41, 5.74) is 0.517. The SMILES string of the molecule is O=S1(=O)Oc2cc3cc(O)ccc3n2O1. The minimum atomic E-state index is -3.96. The number of aromatic nitrogens is 1. The second kappa shape index (κ2) is 2.37. The molecule has 1 aliphatic rings. The Morgan fingerprint density at radius 2 is 2.07 bits per heavy atom. The van der Waals surface area contributed by atoms with E-state index in [0.717, 1.165) is 4.73 Å². The van der Waals surface area contributed by atoms with Gasteiger partial charge in [-0.05, 0) is 18.2 Å².